The number of allylic oxidation sites excluding steroid dienone is 3. The summed E-state index contributed by atoms with van der Waals surface area (Å²) in [4.78, 5) is 0. The molecule has 2 aliphatic carbocycles. The Bertz CT molecular complexity index is 797. The quantitative estimate of drug-likeness (QED) is 0.632. The summed E-state index contributed by atoms with van der Waals surface area (Å²) in [7, 11) is 0.354. The van der Waals surface area contributed by atoms with Crippen LogP contribution in [0.1, 0.15) is 50.7 Å². The average Bonchev–Trinajstić information content (AvgIpc) is 2.88. The Hall–Kier alpha value is -1.32. The van der Waals surface area contributed by atoms with Gasteiger partial charge in [-0.25, -0.2) is 0 Å². The van der Waals surface area contributed by atoms with E-state index in [1.54, 1.807) is 17.9 Å². The maximum absolute atomic E-state index is 10.5. The topological polar surface area (TPSA) is 29.5 Å². The first-order valence-electron chi connectivity index (χ1n) is 10.3. The zero-order valence-corrected chi connectivity index (χ0v) is 19.2. The summed E-state index contributed by atoms with van der Waals surface area (Å²) in [5.41, 5.74) is 7.48. The van der Waals surface area contributed by atoms with E-state index in [2.05, 4.69) is 52.5 Å². The third-order valence-electron chi connectivity index (χ3n) is 6.80. The van der Waals surface area contributed by atoms with Gasteiger partial charge in [0.25, 0.3) is 0 Å². The van der Waals surface area contributed by atoms with Crippen molar-refractivity contribution in [2.24, 2.45) is 5.41 Å². The van der Waals surface area contributed by atoms with Gasteiger partial charge < -0.3 is 9.84 Å². The van der Waals surface area contributed by atoms with Crippen molar-refractivity contribution in [3.8, 4) is 5.75 Å². The molecule has 27 heavy (non-hydrogen) atoms. The molecular weight excluding hydrogens is 348 g/mol. The highest BCUT2D eigenvalue weighted by Crippen LogP contribution is 2.55. The third kappa shape index (κ3) is 3.95. The van der Waals surface area contributed by atoms with E-state index in [9.17, 15) is 5.11 Å². The lowest BCUT2D eigenvalue weighted by atomic mass is 9.72. The highest BCUT2D eigenvalue weighted by molar-refractivity contribution is 6.83. The summed E-state index contributed by atoms with van der Waals surface area (Å²) in [5.74, 6) is 0.938. The van der Waals surface area contributed by atoms with Gasteiger partial charge in [0, 0.05) is 0 Å². The number of hydrogen-bond donors (Lipinski definition) is 1. The molecule has 3 rings (SSSR count). The molecule has 1 aromatic carbocycles. The molecule has 1 aromatic rings. The minimum absolute atomic E-state index is 0.160. The molecule has 1 N–H and O–H groups in total. The monoisotopic (exact) mass is 384 g/mol. The molecule has 1 fully saturated rings. The third-order valence-corrected chi connectivity index (χ3v) is 9.16. The van der Waals surface area contributed by atoms with Gasteiger partial charge in [-0.2, -0.15) is 0 Å². The molecule has 0 bridgehead atoms. The van der Waals surface area contributed by atoms with Crippen molar-refractivity contribution >= 4 is 8.07 Å². The fraction of sp³-hybridized carbons (Fsp3) is 0.583. The SMILES string of the molecule is COc1ccc(C)c(CCC2=C3C[C@@H](O)C[C@@]3(C)CC([Si](C)(C)C)=C2C)c1. The molecule has 1 saturated carbocycles. The molecule has 0 radical (unpaired) electrons. The van der Waals surface area contributed by atoms with Gasteiger partial charge in [-0.3, -0.25) is 0 Å². The second-order valence-corrected chi connectivity index (χ2v) is 15.0. The molecule has 3 heteroatoms. The predicted molar refractivity (Wildman–Crippen MR) is 117 cm³/mol. The number of fused-ring (bicyclic) bond motifs is 1. The zero-order chi connectivity index (χ0) is 20.0. The lowest BCUT2D eigenvalue weighted by Crippen LogP contribution is -2.33. The van der Waals surface area contributed by atoms with Gasteiger partial charge in [0.15, 0.2) is 0 Å². The van der Waals surface area contributed by atoms with Gasteiger partial charge in [0.1, 0.15) is 5.75 Å². The van der Waals surface area contributed by atoms with Crippen LogP contribution in [0.15, 0.2) is 40.1 Å². The van der Waals surface area contributed by atoms with Crippen LogP contribution in [0, 0.1) is 12.3 Å². The Balaban J connectivity index is 1.98. The maximum atomic E-state index is 10.5. The van der Waals surface area contributed by atoms with Crippen LogP contribution in [-0.2, 0) is 6.42 Å². The first-order chi connectivity index (χ1) is 12.5. The molecule has 0 aromatic heterocycles. The first-order valence-corrected chi connectivity index (χ1v) is 13.8. The van der Waals surface area contributed by atoms with Crippen molar-refractivity contribution < 1.29 is 9.84 Å². The van der Waals surface area contributed by atoms with Gasteiger partial charge in [0.05, 0.1) is 21.3 Å². The van der Waals surface area contributed by atoms with Crippen LogP contribution in [-0.4, -0.2) is 26.4 Å². The number of aryl methyl sites for hydroxylation is 2. The Kier molecular flexibility index (Phi) is 5.48. The molecule has 2 nitrogen and oxygen atoms in total. The van der Waals surface area contributed by atoms with Crippen molar-refractivity contribution in [3.63, 3.8) is 0 Å². The Morgan fingerprint density at radius 2 is 1.89 bits per heavy atom. The number of rotatable bonds is 5. The summed E-state index contributed by atoms with van der Waals surface area (Å²) < 4.78 is 5.44. The smallest absolute Gasteiger partial charge is 0.119 e. The number of benzene rings is 1. The number of aliphatic hydroxyl groups excluding tert-OH is 1. The van der Waals surface area contributed by atoms with E-state index in [1.807, 2.05) is 6.07 Å². The summed E-state index contributed by atoms with van der Waals surface area (Å²) >= 11 is 0. The van der Waals surface area contributed by atoms with E-state index in [-0.39, 0.29) is 11.5 Å². The lowest BCUT2D eigenvalue weighted by molar-refractivity contribution is 0.164. The first kappa shape index (κ1) is 20.4. The molecule has 2 atom stereocenters. The van der Waals surface area contributed by atoms with E-state index in [0.717, 1.165) is 37.9 Å². The van der Waals surface area contributed by atoms with E-state index < -0.39 is 8.07 Å². The normalized spacial score (nSPS) is 25.9. The van der Waals surface area contributed by atoms with Crippen molar-refractivity contribution in [1.82, 2.24) is 0 Å². The highest BCUT2D eigenvalue weighted by Gasteiger charge is 2.45. The van der Waals surface area contributed by atoms with Gasteiger partial charge in [-0.1, -0.05) is 49.0 Å². The Morgan fingerprint density at radius 3 is 2.52 bits per heavy atom. The van der Waals surface area contributed by atoms with E-state index in [1.165, 1.54) is 22.3 Å². The molecule has 0 heterocycles. The van der Waals surface area contributed by atoms with Gasteiger partial charge >= 0.3 is 0 Å². The zero-order valence-electron chi connectivity index (χ0n) is 18.2. The molecule has 2 aliphatic rings. The fourth-order valence-corrected chi connectivity index (χ4v) is 7.46. The number of hydrogen-bond acceptors (Lipinski definition) is 2. The maximum Gasteiger partial charge on any atom is 0.119 e. The molecule has 0 unspecified atom stereocenters. The molecule has 148 valence electrons. The second kappa shape index (κ2) is 7.25. The van der Waals surface area contributed by atoms with Crippen LogP contribution in [0.4, 0.5) is 0 Å². The van der Waals surface area contributed by atoms with Crippen molar-refractivity contribution in [1.29, 1.82) is 0 Å². The van der Waals surface area contributed by atoms with Crippen LogP contribution >= 0.6 is 0 Å². The van der Waals surface area contributed by atoms with Crippen molar-refractivity contribution in [2.75, 3.05) is 7.11 Å². The van der Waals surface area contributed by atoms with E-state index >= 15 is 0 Å². The summed E-state index contributed by atoms with van der Waals surface area (Å²) in [6.45, 7) is 14.3. The number of methoxy groups -OCH3 is 1. The molecule has 0 spiro atoms. The summed E-state index contributed by atoms with van der Waals surface area (Å²) in [6, 6.07) is 6.39. The minimum Gasteiger partial charge on any atom is -0.497 e. The highest BCUT2D eigenvalue weighted by atomic mass is 28.3. The number of ether oxygens (including phenoxy) is 1. The number of aliphatic hydroxyl groups is 1. The van der Waals surface area contributed by atoms with Crippen molar-refractivity contribution in [2.45, 2.75) is 78.6 Å². The molecule has 0 saturated heterocycles. The van der Waals surface area contributed by atoms with E-state index in [4.69, 9.17) is 4.74 Å². The van der Waals surface area contributed by atoms with E-state index in [0.29, 0.717) is 0 Å². The fourth-order valence-electron chi connectivity index (χ4n) is 5.26. The van der Waals surface area contributed by atoms with Crippen LogP contribution in [0.5, 0.6) is 5.75 Å². The second-order valence-electron chi connectivity index (χ2n) is 9.90. The molecule has 0 amide bonds. The van der Waals surface area contributed by atoms with Gasteiger partial charge in [0.2, 0.25) is 0 Å². The molecular formula is C24H36O2Si. The summed E-state index contributed by atoms with van der Waals surface area (Å²) in [6.07, 6.45) is 4.86. The largest absolute Gasteiger partial charge is 0.497 e. The van der Waals surface area contributed by atoms with Crippen LogP contribution in [0.2, 0.25) is 19.6 Å². The average molecular weight is 385 g/mol. The Labute approximate surface area is 166 Å². The summed E-state index contributed by atoms with van der Waals surface area (Å²) in [5, 5.41) is 12.2. The van der Waals surface area contributed by atoms with Crippen LogP contribution in [0.3, 0.4) is 0 Å². The minimum atomic E-state index is -1.38. The van der Waals surface area contributed by atoms with Gasteiger partial charge in [-0.15, -0.1) is 0 Å². The predicted octanol–water partition coefficient (Wildman–Crippen LogP) is 5.99. The van der Waals surface area contributed by atoms with Crippen LogP contribution < -0.4 is 4.74 Å². The molecule has 0 aliphatic heterocycles. The Morgan fingerprint density at radius 1 is 1.19 bits per heavy atom. The standard InChI is InChI=1S/C24H36O2Si/c1-16-8-10-20(26-4)12-18(16)9-11-21-17(2)23(27(5,6)7)15-24(3)14-19(25)13-22(21)24/h8,10,12,19,25H,9,11,13-15H2,1-7H3/t19-,24+/m1/s1. The van der Waals surface area contributed by atoms with Gasteiger partial charge in [-0.05, 0) is 80.2 Å². The van der Waals surface area contributed by atoms with Crippen molar-refractivity contribution in [3.05, 3.63) is 51.2 Å². The lowest BCUT2D eigenvalue weighted by Gasteiger charge is -2.40. The van der Waals surface area contributed by atoms with Crippen LogP contribution in [0.25, 0.3) is 0 Å².